The molecule has 1 fully saturated rings. The van der Waals surface area contributed by atoms with Crippen molar-refractivity contribution >= 4 is 24.3 Å². The van der Waals surface area contributed by atoms with Gasteiger partial charge in [0.05, 0.1) is 7.11 Å². The Kier molecular flexibility index (Phi) is 7.80. The number of allylic oxidation sites excluding steroid dienone is 1. The van der Waals surface area contributed by atoms with Crippen LogP contribution in [0.4, 0.5) is 0 Å². The summed E-state index contributed by atoms with van der Waals surface area (Å²) in [5.41, 5.74) is 0.684. The summed E-state index contributed by atoms with van der Waals surface area (Å²) in [6.45, 7) is 7.18. The van der Waals surface area contributed by atoms with E-state index in [0.717, 1.165) is 30.9 Å². The van der Waals surface area contributed by atoms with Crippen molar-refractivity contribution in [1.82, 2.24) is 4.90 Å². The van der Waals surface area contributed by atoms with Gasteiger partial charge < -0.3 is 9.64 Å². The molecule has 1 saturated heterocycles. The molecule has 128 valence electrons. The fourth-order valence-corrected chi connectivity index (χ4v) is 2.87. The van der Waals surface area contributed by atoms with Crippen molar-refractivity contribution in [1.29, 1.82) is 0 Å². The Morgan fingerprint density at radius 1 is 1.17 bits per heavy atom. The van der Waals surface area contributed by atoms with Gasteiger partial charge in [-0.25, -0.2) is 0 Å². The van der Waals surface area contributed by atoms with Crippen LogP contribution in [0.2, 0.25) is 0 Å². The second kappa shape index (κ2) is 9.09. The maximum atomic E-state index is 12.5. The number of nitrogens with zero attached hydrogens (tertiary/aromatic N) is 1. The first kappa shape index (κ1) is 19.7. The number of ether oxygens (including phenoxy) is 1. The van der Waals surface area contributed by atoms with Gasteiger partial charge in [0.2, 0.25) is 0 Å². The topological polar surface area (TPSA) is 29.5 Å². The molecule has 1 aromatic carbocycles. The lowest BCUT2D eigenvalue weighted by Crippen LogP contribution is -2.41. The maximum Gasteiger partial charge on any atom is 0.162 e. The van der Waals surface area contributed by atoms with E-state index in [1.807, 2.05) is 44.2 Å². The van der Waals surface area contributed by atoms with Crippen molar-refractivity contribution in [2.24, 2.45) is 5.41 Å². The summed E-state index contributed by atoms with van der Waals surface area (Å²) in [6, 6.07) is 7.73. The minimum atomic E-state index is -0.333. The molecule has 0 amide bonds. The fraction of sp³-hybridized carbons (Fsp3) is 0.526. The molecule has 23 heavy (non-hydrogen) atoms. The number of hydrogen-bond donors (Lipinski definition) is 0. The van der Waals surface area contributed by atoms with Crippen molar-refractivity contribution < 1.29 is 9.53 Å². The van der Waals surface area contributed by atoms with Crippen LogP contribution in [-0.2, 0) is 4.79 Å². The van der Waals surface area contributed by atoms with E-state index >= 15 is 0 Å². The van der Waals surface area contributed by atoms with Crippen LogP contribution in [-0.4, -0.2) is 37.4 Å². The van der Waals surface area contributed by atoms with Crippen LogP contribution >= 0.6 is 12.4 Å². The number of rotatable bonds is 6. The lowest BCUT2D eigenvalue weighted by atomic mass is 9.86. The average molecular weight is 338 g/mol. The molecule has 0 unspecified atom stereocenters. The Labute approximate surface area is 146 Å². The summed E-state index contributed by atoms with van der Waals surface area (Å²) in [6.07, 6.45) is 7.44. The van der Waals surface area contributed by atoms with Gasteiger partial charge in [0.1, 0.15) is 5.75 Å². The van der Waals surface area contributed by atoms with E-state index in [4.69, 9.17) is 4.74 Å². The third-order valence-electron chi connectivity index (χ3n) is 4.28. The summed E-state index contributed by atoms with van der Waals surface area (Å²) < 4.78 is 5.14. The zero-order chi connectivity index (χ0) is 16.0. The van der Waals surface area contributed by atoms with Crippen molar-refractivity contribution in [3.63, 3.8) is 0 Å². The van der Waals surface area contributed by atoms with Crippen molar-refractivity contribution in [2.75, 3.05) is 26.7 Å². The van der Waals surface area contributed by atoms with Gasteiger partial charge in [-0.05, 0) is 49.7 Å². The van der Waals surface area contributed by atoms with E-state index in [9.17, 15) is 4.79 Å². The van der Waals surface area contributed by atoms with Gasteiger partial charge in [0.25, 0.3) is 0 Å². The molecule has 0 aliphatic carbocycles. The summed E-state index contributed by atoms with van der Waals surface area (Å²) in [5, 5.41) is 0. The third kappa shape index (κ3) is 6.00. The molecule has 2 rings (SSSR count). The zero-order valence-corrected chi connectivity index (χ0v) is 15.2. The SMILES string of the molecule is COc1ccc(C=CC(=O)C(C)(C)CN2CCCCC2)cc1.Cl. The number of carbonyl (C=O) groups is 1. The standard InChI is InChI=1S/C19H27NO2.ClH/c1-19(2,15-20-13-5-4-6-14-20)18(21)12-9-16-7-10-17(22-3)11-8-16;/h7-12H,4-6,13-15H2,1-3H3;1H. The smallest absolute Gasteiger partial charge is 0.162 e. The van der Waals surface area contributed by atoms with Gasteiger partial charge in [-0.2, -0.15) is 0 Å². The lowest BCUT2D eigenvalue weighted by Gasteiger charge is -2.33. The predicted octanol–water partition coefficient (Wildman–Crippen LogP) is 4.21. The molecular formula is C19H28ClNO2. The number of hydrogen-bond acceptors (Lipinski definition) is 3. The molecule has 0 atom stereocenters. The minimum Gasteiger partial charge on any atom is -0.497 e. The Morgan fingerprint density at radius 2 is 1.78 bits per heavy atom. The summed E-state index contributed by atoms with van der Waals surface area (Å²) in [5.74, 6) is 1.02. The van der Waals surface area contributed by atoms with Crippen molar-refractivity contribution in [3.05, 3.63) is 35.9 Å². The molecule has 3 nitrogen and oxygen atoms in total. The molecule has 1 aromatic rings. The number of likely N-dealkylation sites (tertiary alicyclic amines) is 1. The number of methoxy groups -OCH3 is 1. The molecule has 0 bridgehead atoms. The number of benzene rings is 1. The van der Waals surface area contributed by atoms with Crippen LogP contribution in [0.15, 0.2) is 30.3 Å². The molecule has 0 spiro atoms. The largest absolute Gasteiger partial charge is 0.497 e. The Morgan fingerprint density at radius 3 is 2.35 bits per heavy atom. The highest BCUT2D eigenvalue weighted by atomic mass is 35.5. The molecule has 0 aromatic heterocycles. The summed E-state index contributed by atoms with van der Waals surface area (Å²) in [4.78, 5) is 14.9. The van der Waals surface area contributed by atoms with Gasteiger partial charge in [0.15, 0.2) is 5.78 Å². The Hall–Kier alpha value is -1.32. The highest BCUT2D eigenvalue weighted by molar-refractivity contribution is 5.97. The van der Waals surface area contributed by atoms with E-state index < -0.39 is 0 Å². The predicted molar refractivity (Wildman–Crippen MR) is 98.4 cm³/mol. The highest BCUT2D eigenvalue weighted by Crippen LogP contribution is 2.22. The minimum absolute atomic E-state index is 0. The number of ketones is 1. The summed E-state index contributed by atoms with van der Waals surface area (Å²) >= 11 is 0. The van der Waals surface area contributed by atoms with Gasteiger partial charge >= 0.3 is 0 Å². The van der Waals surface area contributed by atoms with Crippen molar-refractivity contribution in [2.45, 2.75) is 33.1 Å². The molecular weight excluding hydrogens is 310 g/mol. The lowest BCUT2D eigenvalue weighted by molar-refractivity contribution is -0.123. The monoisotopic (exact) mass is 337 g/mol. The van der Waals surface area contributed by atoms with Crippen LogP contribution in [0.25, 0.3) is 6.08 Å². The second-order valence-electron chi connectivity index (χ2n) is 6.69. The van der Waals surface area contributed by atoms with Crippen LogP contribution in [0.1, 0.15) is 38.7 Å². The number of halogens is 1. The van der Waals surface area contributed by atoms with E-state index in [1.54, 1.807) is 13.2 Å². The second-order valence-corrected chi connectivity index (χ2v) is 6.69. The molecule has 0 radical (unpaired) electrons. The summed E-state index contributed by atoms with van der Waals surface area (Å²) in [7, 11) is 1.65. The molecule has 0 saturated carbocycles. The number of piperidine rings is 1. The third-order valence-corrected chi connectivity index (χ3v) is 4.28. The van der Waals surface area contributed by atoms with Gasteiger partial charge in [-0.3, -0.25) is 4.79 Å². The quantitative estimate of drug-likeness (QED) is 0.728. The van der Waals surface area contributed by atoms with Crippen LogP contribution in [0.5, 0.6) is 5.75 Å². The van der Waals surface area contributed by atoms with Crippen LogP contribution in [0, 0.1) is 5.41 Å². The van der Waals surface area contributed by atoms with E-state index in [1.165, 1.54) is 19.3 Å². The highest BCUT2D eigenvalue weighted by Gasteiger charge is 2.28. The molecule has 0 N–H and O–H groups in total. The molecule has 1 heterocycles. The normalized spacial score (nSPS) is 16.1. The van der Waals surface area contributed by atoms with Crippen LogP contribution in [0.3, 0.4) is 0 Å². The van der Waals surface area contributed by atoms with E-state index in [-0.39, 0.29) is 23.6 Å². The zero-order valence-electron chi connectivity index (χ0n) is 14.4. The Balaban J connectivity index is 0.00000264. The van der Waals surface area contributed by atoms with Gasteiger partial charge in [0, 0.05) is 12.0 Å². The van der Waals surface area contributed by atoms with Crippen LogP contribution < -0.4 is 4.74 Å². The van der Waals surface area contributed by atoms with E-state index in [0.29, 0.717) is 0 Å². The first-order chi connectivity index (χ1) is 10.5. The van der Waals surface area contributed by atoms with Gasteiger partial charge in [-0.1, -0.05) is 38.5 Å². The maximum absolute atomic E-state index is 12.5. The van der Waals surface area contributed by atoms with Crippen molar-refractivity contribution in [3.8, 4) is 5.75 Å². The average Bonchev–Trinajstić information content (AvgIpc) is 2.53. The van der Waals surface area contributed by atoms with E-state index in [2.05, 4.69) is 4.90 Å². The first-order valence-corrected chi connectivity index (χ1v) is 8.10. The molecule has 4 heteroatoms. The molecule has 1 aliphatic heterocycles. The van der Waals surface area contributed by atoms with Gasteiger partial charge in [-0.15, -0.1) is 12.4 Å². The Bertz CT molecular complexity index is 517. The molecule has 1 aliphatic rings. The first-order valence-electron chi connectivity index (χ1n) is 8.10. The number of carbonyl (C=O) groups excluding carboxylic acids is 1. The fourth-order valence-electron chi connectivity index (χ4n) is 2.87.